The van der Waals surface area contributed by atoms with Gasteiger partial charge in [0.05, 0.1) is 37.5 Å². The van der Waals surface area contributed by atoms with Crippen LogP contribution in [-0.2, 0) is 11.3 Å². The fourth-order valence-electron chi connectivity index (χ4n) is 3.10. The number of carbonyl (C=O) groups is 1. The van der Waals surface area contributed by atoms with Crippen molar-refractivity contribution in [3.05, 3.63) is 58.7 Å². The van der Waals surface area contributed by atoms with Crippen LogP contribution >= 0.6 is 11.6 Å². The third-order valence-corrected chi connectivity index (χ3v) is 5.41. The number of ether oxygens (including phenoxy) is 2. The van der Waals surface area contributed by atoms with Crippen LogP contribution in [0.4, 0.5) is 0 Å². The quantitative estimate of drug-likeness (QED) is 0.479. The Morgan fingerprint density at radius 2 is 1.96 bits per heavy atom. The summed E-state index contributed by atoms with van der Waals surface area (Å²) in [5, 5.41) is 6.06. The number of carbonyl (C=O) groups excluding carboxylic acids is 1. The number of hydrogen-bond acceptors (Lipinski definition) is 4. The molecule has 0 saturated heterocycles. The maximum atomic E-state index is 11.8. The van der Waals surface area contributed by atoms with Crippen molar-refractivity contribution in [3.63, 3.8) is 0 Å². The smallest absolute Gasteiger partial charge is 0.337 e. The topological polar surface area (TPSA) is 53.4 Å². The molecule has 0 N–H and O–H groups in total. The van der Waals surface area contributed by atoms with Crippen LogP contribution in [0.25, 0.3) is 10.9 Å². The Kier molecular flexibility index (Phi) is 6.57. The molecule has 0 amide bonds. The molecular formula is C22H25ClN2O3. The van der Waals surface area contributed by atoms with Crippen LogP contribution in [0.1, 0.15) is 42.6 Å². The summed E-state index contributed by atoms with van der Waals surface area (Å²) in [4.78, 5) is 11.8. The van der Waals surface area contributed by atoms with Crippen LogP contribution in [0.3, 0.4) is 0 Å². The van der Waals surface area contributed by atoms with Crippen molar-refractivity contribution >= 4 is 28.5 Å². The number of nitrogens with zero attached hydrogens (tertiary/aromatic N) is 2. The fraction of sp³-hybridized carbons (Fsp3) is 0.364. The standard InChI is InChI=1S/C22H25ClN2O3/c1-4-15(5-2)14-28-19-8-9-20(23)18(10-19)13-25-21-11-16(22(26)27-3)6-7-17(21)12-24-25/h6-12,15H,4-5,13-14H2,1-3H3. The summed E-state index contributed by atoms with van der Waals surface area (Å²) < 4.78 is 12.6. The molecule has 0 spiro atoms. The van der Waals surface area contributed by atoms with Crippen LogP contribution < -0.4 is 4.74 Å². The Hall–Kier alpha value is -2.53. The number of fused-ring (bicyclic) bond motifs is 1. The summed E-state index contributed by atoms with van der Waals surface area (Å²) >= 11 is 6.41. The highest BCUT2D eigenvalue weighted by Gasteiger charge is 2.12. The summed E-state index contributed by atoms with van der Waals surface area (Å²) in [6.07, 6.45) is 3.97. The van der Waals surface area contributed by atoms with E-state index in [2.05, 4.69) is 18.9 Å². The molecule has 0 radical (unpaired) electrons. The summed E-state index contributed by atoms with van der Waals surface area (Å²) in [6, 6.07) is 11.1. The first-order valence-corrected chi connectivity index (χ1v) is 9.88. The van der Waals surface area contributed by atoms with E-state index in [-0.39, 0.29) is 5.97 Å². The summed E-state index contributed by atoms with van der Waals surface area (Å²) in [5.41, 5.74) is 2.25. The third-order valence-electron chi connectivity index (χ3n) is 5.04. The van der Waals surface area contributed by atoms with Gasteiger partial charge in [0, 0.05) is 10.4 Å². The van der Waals surface area contributed by atoms with Crippen LogP contribution in [0.15, 0.2) is 42.6 Å². The zero-order chi connectivity index (χ0) is 20.1. The zero-order valence-electron chi connectivity index (χ0n) is 16.4. The van der Waals surface area contributed by atoms with Gasteiger partial charge in [0.1, 0.15) is 5.75 Å². The monoisotopic (exact) mass is 400 g/mol. The molecule has 0 bridgehead atoms. The van der Waals surface area contributed by atoms with Gasteiger partial charge in [0.25, 0.3) is 0 Å². The molecule has 1 heterocycles. The molecule has 0 aliphatic heterocycles. The molecule has 6 heteroatoms. The highest BCUT2D eigenvalue weighted by molar-refractivity contribution is 6.31. The van der Waals surface area contributed by atoms with Crippen molar-refractivity contribution in [2.45, 2.75) is 33.2 Å². The molecule has 5 nitrogen and oxygen atoms in total. The Morgan fingerprint density at radius 1 is 1.18 bits per heavy atom. The first kappa shape index (κ1) is 20.2. The van der Waals surface area contributed by atoms with Gasteiger partial charge in [-0.25, -0.2) is 4.79 Å². The van der Waals surface area contributed by atoms with Gasteiger partial charge in [0.15, 0.2) is 0 Å². The number of rotatable bonds is 8. The van der Waals surface area contributed by atoms with Gasteiger partial charge in [-0.1, -0.05) is 44.4 Å². The van der Waals surface area contributed by atoms with Gasteiger partial charge in [-0.05, 0) is 41.8 Å². The van der Waals surface area contributed by atoms with E-state index < -0.39 is 0 Å². The van der Waals surface area contributed by atoms with Gasteiger partial charge in [-0.3, -0.25) is 4.68 Å². The molecule has 1 aromatic heterocycles. The Balaban J connectivity index is 1.84. The molecule has 0 saturated carbocycles. The SMILES string of the molecule is CCC(CC)COc1ccc(Cl)c(Cn2ncc3ccc(C(=O)OC)cc32)c1. The lowest BCUT2D eigenvalue weighted by atomic mass is 10.1. The van der Waals surface area contributed by atoms with Gasteiger partial charge >= 0.3 is 5.97 Å². The van der Waals surface area contributed by atoms with Crippen molar-refractivity contribution in [2.24, 2.45) is 5.92 Å². The molecule has 28 heavy (non-hydrogen) atoms. The van der Waals surface area contributed by atoms with E-state index in [1.54, 1.807) is 18.3 Å². The molecule has 148 valence electrons. The molecule has 0 aliphatic rings. The van der Waals surface area contributed by atoms with E-state index in [0.29, 0.717) is 29.7 Å². The minimum atomic E-state index is -0.371. The Labute approximate surface area is 170 Å². The highest BCUT2D eigenvalue weighted by atomic mass is 35.5. The largest absolute Gasteiger partial charge is 0.493 e. The molecule has 0 atom stereocenters. The fourth-order valence-corrected chi connectivity index (χ4v) is 3.28. The molecule has 3 rings (SSSR count). The van der Waals surface area contributed by atoms with E-state index >= 15 is 0 Å². The minimum absolute atomic E-state index is 0.371. The second-order valence-corrected chi connectivity index (χ2v) is 7.22. The number of esters is 1. The van der Waals surface area contributed by atoms with Crippen molar-refractivity contribution in [3.8, 4) is 5.75 Å². The first-order valence-electron chi connectivity index (χ1n) is 9.50. The summed E-state index contributed by atoms with van der Waals surface area (Å²) in [7, 11) is 1.37. The zero-order valence-corrected chi connectivity index (χ0v) is 17.2. The summed E-state index contributed by atoms with van der Waals surface area (Å²) in [5.74, 6) is 0.980. The minimum Gasteiger partial charge on any atom is -0.493 e. The lowest BCUT2D eigenvalue weighted by Gasteiger charge is -2.15. The van der Waals surface area contributed by atoms with E-state index in [1.807, 2.05) is 28.9 Å². The van der Waals surface area contributed by atoms with E-state index in [4.69, 9.17) is 21.1 Å². The molecule has 3 aromatic rings. The lowest BCUT2D eigenvalue weighted by molar-refractivity contribution is 0.0601. The maximum absolute atomic E-state index is 11.8. The average molecular weight is 401 g/mol. The maximum Gasteiger partial charge on any atom is 0.337 e. The van der Waals surface area contributed by atoms with E-state index in [9.17, 15) is 4.79 Å². The normalized spacial score (nSPS) is 11.2. The Morgan fingerprint density at radius 3 is 2.68 bits per heavy atom. The van der Waals surface area contributed by atoms with Gasteiger partial charge in [-0.15, -0.1) is 0 Å². The average Bonchev–Trinajstić information content (AvgIpc) is 3.12. The van der Waals surface area contributed by atoms with E-state index in [0.717, 1.165) is 35.1 Å². The predicted molar refractivity (Wildman–Crippen MR) is 111 cm³/mol. The number of hydrogen-bond donors (Lipinski definition) is 0. The third kappa shape index (κ3) is 4.47. The van der Waals surface area contributed by atoms with Crippen molar-refractivity contribution < 1.29 is 14.3 Å². The lowest BCUT2D eigenvalue weighted by Crippen LogP contribution is -2.10. The Bertz CT molecular complexity index is 964. The van der Waals surface area contributed by atoms with Gasteiger partial charge in [0.2, 0.25) is 0 Å². The van der Waals surface area contributed by atoms with Crippen molar-refractivity contribution in [1.29, 1.82) is 0 Å². The molecular weight excluding hydrogens is 376 g/mol. The predicted octanol–water partition coefficient (Wildman–Crippen LogP) is 5.34. The first-order chi connectivity index (χ1) is 13.5. The van der Waals surface area contributed by atoms with Crippen LogP contribution in [0.2, 0.25) is 5.02 Å². The number of aromatic nitrogens is 2. The van der Waals surface area contributed by atoms with Crippen LogP contribution in [0, 0.1) is 5.92 Å². The van der Waals surface area contributed by atoms with Gasteiger partial charge in [-0.2, -0.15) is 5.10 Å². The van der Waals surface area contributed by atoms with Crippen molar-refractivity contribution in [2.75, 3.05) is 13.7 Å². The molecule has 0 unspecified atom stereocenters. The molecule has 0 aliphatic carbocycles. The second-order valence-electron chi connectivity index (χ2n) is 6.81. The number of methoxy groups -OCH3 is 1. The number of halogens is 1. The van der Waals surface area contributed by atoms with Crippen LogP contribution in [0.5, 0.6) is 5.75 Å². The second kappa shape index (κ2) is 9.11. The number of benzene rings is 2. The van der Waals surface area contributed by atoms with E-state index in [1.165, 1.54) is 7.11 Å². The molecule has 2 aromatic carbocycles. The summed E-state index contributed by atoms with van der Waals surface area (Å²) in [6.45, 7) is 5.53. The van der Waals surface area contributed by atoms with Crippen LogP contribution in [-0.4, -0.2) is 29.5 Å². The molecule has 0 fully saturated rings. The highest BCUT2D eigenvalue weighted by Crippen LogP contribution is 2.25. The van der Waals surface area contributed by atoms with Gasteiger partial charge < -0.3 is 9.47 Å². The van der Waals surface area contributed by atoms with Crippen molar-refractivity contribution in [1.82, 2.24) is 9.78 Å².